The van der Waals surface area contributed by atoms with Crippen LogP contribution in [0.25, 0.3) is 0 Å². The predicted octanol–water partition coefficient (Wildman–Crippen LogP) is -8.66. The molecule has 0 aromatic carbocycles. The molecule has 10 saturated heterocycles. The van der Waals surface area contributed by atoms with Crippen LogP contribution in [0.1, 0.15) is 0 Å². The van der Waals surface area contributed by atoms with Crippen molar-refractivity contribution in [1.29, 1.82) is 0 Å². The second-order valence-electron chi connectivity index (χ2n) is 13.7. The second-order valence-corrected chi connectivity index (χ2v) is 25.1. The van der Waals surface area contributed by atoms with Gasteiger partial charge in [0.1, 0.15) is 0 Å². The Labute approximate surface area is 395 Å². The van der Waals surface area contributed by atoms with Gasteiger partial charge in [-0.05, 0) is 0 Å². The van der Waals surface area contributed by atoms with Crippen LogP contribution in [0.5, 0.6) is 0 Å². The third-order valence-corrected chi connectivity index (χ3v) is 20.6. The molecule has 0 spiro atoms. The summed E-state index contributed by atoms with van der Waals surface area (Å²) in [4.78, 5) is 160. The van der Waals surface area contributed by atoms with E-state index >= 15 is 0 Å². The van der Waals surface area contributed by atoms with Crippen LogP contribution in [0.3, 0.4) is 0 Å². The molecule has 0 aromatic heterocycles. The molecule has 10 fully saturated rings. The molecule has 0 amide bonds. The van der Waals surface area contributed by atoms with Crippen molar-refractivity contribution in [2.24, 2.45) is 0 Å². The van der Waals surface area contributed by atoms with E-state index in [0.29, 0.717) is 0 Å². The van der Waals surface area contributed by atoms with Crippen LogP contribution in [-0.2, 0) is 93.7 Å². The van der Waals surface area contributed by atoms with Crippen molar-refractivity contribution in [2.45, 2.75) is 0 Å². The van der Waals surface area contributed by atoms with Crippen LogP contribution in [0, 0.1) is 0 Å². The van der Waals surface area contributed by atoms with Gasteiger partial charge in [0.15, 0.2) is 0 Å². The van der Waals surface area contributed by atoms with Gasteiger partial charge in [0.05, 0.1) is 0 Å². The summed E-state index contributed by atoms with van der Waals surface area (Å²) >= 11 is -17.0. The van der Waals surface area contributed by atoms with Crippen LogP contribution in [-0.4, -0.2) is 305 Å². The average Bonchev–Trinajstić information content (AvgIpc) is 3.18. The van der Waals surface area contributed by atoms with Gasteiger partial charge < -0.3 is 0 Å². The molecule has 30 nitrogen and oxygen atoms in total. The Hall–Kier alpha value is -3.33. The Morgan fingerprint density at radius 3 is 0.922 bits per heavy atom. The Morgan fingerprint density at radius 1 is 0.359 bits per heavy atom. The zero-order chi connectivity index (χ0) is 45.9. The quantitative estimate of drug-likeness (QED) is 0.223. The summed E-state index contributed by atoms with van der Waals surface area (Å²) in [5.74, 6) is -11.2. The minimum absolute atomic E-state index is 0.00525. The monoisotopic (exact) mass is 1350 g/mol. The van der Waals surface area contributed by atoms with Crippen molar-refractivity contribution in [1.82, 2.24) is 29.4 Å². The number of rotatable bonds is 6. The van der Waals surface area contributed by atoms with E-state index in [4.69, 9.17) is 36.2 Å². The molecule has 0 saturated carbocycles. The van der Waals surface area contributed by atoms with E-state index in [2.05, 4.69) is 0 Å². The number of carbonyl (C=O) groups excluding carboxylic acids is 12. The molecule has 0 N–H and O–H groups in total. The first kappa shape index (κ1) is 50.1. The van der Waals surface area contributed by atoms with Gasteiger partial charge in [-0.2, -0.15) is 0 Å². The Balaban J connectivity index is 1.06. The third kappa shape index (κ3) is 16.8. The van der Waals surface area contributed by atoms with Crippen molar-refractivity contribution in [3.63, 3.8) is 0 Å². The number of nitrogens with zero attached hydrogens (tertiary/aromatic N) is 6. The molecule has 10 rings (SSSR count). The molecule has 10 aliphatic rings. The van der Waals surface area contributed by atoms with Crippen LogP contribution in [0.4, 0.5) is 0 Å². The maximum absolute atomic E-state index is 13.1. The molecule has 34 heteroatoms. The predicted molar refractivity (Wildman–Crippen MR) is 195 cm³/mol. The molecule has 0 unspecified atom stereocenters. The summed E-state index contributed by atoms with van der Waals surface area (Å²) in [5, 5.41) is 0. The normalized spacial score (nSPS) is 26.0. The van der Waals surface area contributed by atoms with Gasteiger partial charge in [-0.1, -0.05) is 0 Å². The summed E-state index contributed by atoms with van der Waals surface area (Å²) in [7, 11) is 0. The van der Waals surface area contributed by atoms with Crippen LogP contribution in [0.2, 0.25) is 0 Å². The average molecular weight is 1350 g/mol. The first-order valence-electron chi connectivity index (χ1n) is 18.5. The van der Waals surface area contributed by atoms with E-state index in [1.807, 2.05) is 0 Å². The summed E-state index contributed by atoms with van der Waals surface area (Å²) in [5.41, 5.74) is 0. The van der Waals surface area contributed by atoms with E-state index in [-0.39, 0.29) is 52.4 Å². The van der Waals surface area contributed by atoms with Gasteiger partial charge in [0, 0.05) is 0 Å². The van der Waals surface area contributed by atoms with Gasteiger partial charge in [-0.3, -0.25) is 0 Å². The van der Waals surface area contributed by atoms with Crippen LogP contribution >= 0.6 is 0 Å². The van der Waals surface area contributed by atoms with Gasteiger partial charge in [-0.25, -0.2) is 0 Å². The first-order valence-corrected chi connectivity index (χ1v) is 31.0. The van der Waals surface area contributed by atoms with Gasteiger partial charge >= 0.3 is 398 Å². The number of fused-ring (bicyclic) bond motifs is 9. The van der Waals surface area contributed by atoms with E-state index in [1.165, 1.54) is 24.5 Å². The molecule has 0 aliphatic carbocycles. The first-order chi connectivity index (χ1) is 30.5. The summed E-state index contributed by atoms with van der Waals surface area (Å²) in [6, 6.07) is 0. The van der Waals surface area contributed by atoms with Gasteiger partial charge in [0.2, 0.25) is 0 Å². The number of carbonyl (C=O) groups is 12. The van der Waals surface area contributed by atoms with E-state index < -0.39 is 223 Å². The fraction of sp³-hybridized carbons (Fsp3) is 0.600. The zero-order valence-electron chi connectivity index (χ0n) is 33.0. The molecule has 0 radical (unpaired) electrons. The molecule has 6 bridgehead atoms. The van der Waals surface area contributed by atoms with Crippen molar-refractivity contribution in [3.05, 3.63) is 0 Å². The van der Waals surface area contributed by atoms with Crippen LogP contribution < -0.4 is 0 Å². The number of hydrogen-bond donors (Lipinski definition) is 0. The van der Waals surface area contributed by atoms with Crippen molar-refractivity contribution >= 4 is 158 Å². The fourth-order valence-corrected chi connectivity index (χ4v) is 14.8. The third-order valence-electron chi connectivity index (χ3n) is 8.55. The minimum atomic E-state index is -4.38. The second kappa shape index (κ2) is 23.9. The Bertz CT molecular complexity index is 1770. The Kier molecular flexibility index (Phi) is 18.7. The zero-order valence-corrected chi connectivity index (χ0v) is 43.2. The van der Waals surface area contributed by atoms with Gasteiger partial charge in [0.25, 0.3) is 0 Å². The van der Waals surface area contributed by atoms with Crippen molar-refractivity contribution < 1.29 is 93.7 Å². The molecule has 0 atom stereocenters. The summed E-state index contributed by atoms with van der Waals surface area (Å²) in [6.07, 6.45) is 0. The number of hydrogen-bond acceptors (Lipinski definition) is 30. The molecule has 350 valence electrons. The molecular weight excluding hydrogens is 1320 g/mol. The molecule has 0 aromatic rings. The van der Waals surface area contributed by atoms with Gasteiger partial charge in [-0.15, -0.1) is 0 Å². The van der Waals surface area contributed by atoms with E-state index in [9.17, 15) is 57.5 Å². The molecular formula is C30H36N6O24Sb4. The SMILES string of the molecule is O=C(CN1CCN2CC(=O)[O][Sb]([O]C(=O)C2)[O]C(=O)C1)[O][Sb]1[O]C(=O)CN(CCN2CC(=O)[O][Sb]3[O]C(=O)CN(CCN4CC(=O)[O][Sb]([O]C(=O)C4)[O]C(=O)C2)CC(=O)[O]3)CC(=O)[O]1. The van der Waals surface area contributed by atoms with Crippen molar-refractivity contribution in [3.8, 4) is 0 Å². The standard InChI is InChI=1S/3C10H16N2O8.4Sb/c3*13-7(14)3-11(4-8(15)16)1-2-12(5-9(17)18)6-10(19)20;;;;/h3*1-6H2,(H,13,14)(H,15,16)(H,17,18)(H,19,20);;;;/q;;;4*+3/p-12. The topological polar surface area (TPSA) is 335 Å². The Morgan fingerprint density at radius 2 is 0.609 bits per heavy atom. The van der Waals surface area contributed by atoms with E-state index in [1.54, 1.807) is 0 Å². The molecule has 10 heterocycles. The van der Waals surface area contributed by atoms with E-state index in [0.717, 1.165) is 4.90 Å². The summed E-state index contributed by atoms with van der Waals surface area (Å²) in [6.45, 7) is -6.68. The molecule has 64 heavy (non-hydrogen) atoms. The maximum atomic E-state index is 13.1. The van der Waals surface area contributed by atoms with Crippen LogP contribution in [0.15, 0.2) is 0 Å². The van der Waals surface area contributed by atoms with Crippen molar-refractivity contribution in [2.75, 3.05) is 118 Å². The molecule has 10 aliphatic heterocycles. The fourth-order valence-electron chi connectivity index (χ4n) is 5.89. The summed E-state index contributed by atoms with van der Waals surface area (Å²) < 4.78 is 62.1.